The number of aliphatic hydroxyl groups is 1. The van der Waals surface area contributed by atoms with Crippen LogP contribution in [0.3, 0.4) is 0 Å². The number of thioether (sulfide) groups is 1. The highest BCUT2D eigenvalue weighted by Gasteiger charge is 2.12. The number of benzene rings is 1. The zero-order chi connectivity index (χ0) is 16.1. The number of halogens is 1. The van der Waals surface area contributed by atoms with Crippen LogP contribution in [0.5, 0.6) is 0 Å². The third-order valence-electron chi connectivity index (χ3n) is 2.72. The number of nitrogens with one attached hydrogen (secondary N) is 2. The van der Waals surface area contributed by atoms with Gasteiger partial charge in [0.05, 0.1) is 5.75 Å². The van der Waals surface area contributed by atoms with E-state index in [9.17, 15) is 5.11 Å². The summed E-state index contributed by atoms with van der Waals surface area (Å²) in [6, 6.07) is 9.44. The van der Waals surface area contributed by atoms with Gasteiger partial charge in [-0.05, 0) is 13.0 Å². The van der Waals surface area contributed by atoms with Crippen molar-refractivity contribution in [1.82, 2.24) is 15.2 Å². The molecule has 3 N–H and O–H groups in total. The van der Waals surface area contributed by atoms with Crippen molar-refractivity contribution in [3.63, 3.8) is 0 Å². The van der Waals surface area contributed by atoms with Crippen molar-refractivity contribution in [1.29, 1.82) is 10.7 Å². The van der Waals surface area contributed by atoms with Crippen LogP contribution < -0.4 is 0 Å². The van der Waals surface area contributed by atoms with Crippen LogP contribution in [-0.2, 0) is 0 Å². The van der Waals surface area contributed by atoms with E-state index in [1.165, 1.54) is 18.7 Å². The molecule has 0 unspecified atom stereocenters. The minimum Gasteiger partial charge on any atom is -0.510 e. The second-order valence-electron chi connectivity index (χ2n) is 4.31. The Hall–Kier alpha value is -2.11. The summed E-state index contributed by atoms with van der Waals surface area (Å²) in [7, 11) is 0. The Morgan fingerprint density at radius 2 is 2.18 bits per heavy atom. The Morgan fingerprint density at radius 3 is 2.82 bits per heavy atom. The highest BCUT2D eigenvalue weighted by Crippen LogP contribution is 2.26. The van der Waals surface area contributed by atoms with Gasteiger partial charge >= 0.3 is 0 Å². The van der Waals surface area contributed by atoms with Gasteiger partial charge in [0.1, 0.15) is 17.4 Å². The second-order valence-corrected chi connectivity index (χ2v) is 6.12. The molecule has 0 fully saturated rings. The number of hydrogen-bond acceptors (Lipinski definition) is 6. The molecule has 2 aromatic rings. The zero-order valence-electron chi connectivity index (χ0n) is 11.6. The van der Waals surface area contributed by atoms with Gasteiger partial charge in [0, 0.05) is 15.7 Å². The van der Waals surface area contributed by atoms with E-state index in [1.807, 2.05) is 30.3 Å². The molecule has 2 rings (SSSR count). The van der Waals surface area contributed by atoms with Crippen molar-refractivity contribution in [2.75, 3.05) is 5.75 Å². The molecular formula is C14H12BrN5OS. The lowest BCUT2D eigenvalue weighted by molar-refractivity contribution is 0.415. The second kappa shape index (κ2) is 7.24. The van der Waals surface area contributed by atoms with Gasteiger partial charge in [-0.1, -0.05) is 45.9 Å². The van der Waals surface area contributed by atoms with Crippen LogP contribution in [0.1, 0.15) is 6.92 Å². The Balaban J connectivity index is 2.13. The molecular weight excluding hydrogens is 366 g/mol. The summed E-state index contributed by atoms with van der Waals surface area (Å²) in [6.45, 7) is 1.46. The molecule has 0 saturated carbocycles. The Bertz CT molecular complexity index is 778. The number of hydrogen-bond donors (Lipinski definition) is 3. The van der Waals surface area contributed by atoms with Crippen LogP contribution in [0.25, 0.3) is 11.4 Å². The van der Waals surface area contributed by atoms with Crippen LogP contribution in [0.2, 0.25) is 0 Å². The number of aromatic amines is 1. The van der Waals surface area contributed by atoms with E-state index in [0.29, 0.717) is 11.0 Å². The van der Waals surface area contributed by atoms with Crippen molar-refractivity contribution < 1.29 is 5.11 Å². The number of nitrogens with zero attached hydrogens (tertiary/aromatic N) is 3. The zero-order valence-corrected chi connectivity index (χ0v) is 14.0. The largest absolute Gasteiger partial charge is 0.510 e. The molecule has 1 aromatic carbocycles. The minimum atomic E-state index is -0.140. The minimum absolute atomic E-state index is 0.0157. The van der Waals surface area contributed by atoms with Crippen LogP contribution in [0.15, 0.2) is 45.2 Å². The van der Waals surface area contributed by atoms with Gasteiger partial charge in [0.2, 0.25) is 0 Å². The molecule has 0 aliphatic rings. The quantitative estimate of drug-likeness (QED) is 0.318. The van der Waals surface area contributed by atoms with E-state index in [-0.39, 0.29) is 22.8 Å². The van der Waals surface area contributed by atoms with Crippen LogP contribution in [0, 0.1) is 16.7 Å². The van der Waals surface area contributed by atoms with E-state index in [1.54, 1.807) is 0 Å². The summed E-state index contributed by atoms with van der Waals surface area (Å²) >= 11 is 4.66. The van der Waals surface area contributed by atoms with Crippen molar-refractivity contribution in [3.8, 4) is 17.5 Å². The standard InChI is InChI=1S/C14H12BrN5OS/c1-8(17)10(6-16)12(21)7-22-14-18-13(19-20-14)9-4-2-3-5-11(9)15/h2-5,17,21H,7H2,1H3,(H,18,19,20)/b12-10+,17-8?. The van der Waals surface area contributed by atoms with Gasteiger partial charge in [-0.3, -0.25) is 0 Å². The third kappa shape index (κ3) is 3.75. The predicted molar refractivity (Wildman–Crippen MR) is 88.9 cm³/mol. The maximum Gasteiger partial charge on any atom is 0.189 e. The molecule has 6 nitrogen and oxygen atoms in total. The molecule has 0 radical (unpaired) electrons. The number of rotatable bonds is 5. The van der Waals surface area contributed by atoms with Gasteiger partial charge in [-0.2, -0.15) is 5.26 Å². The first-order valence-corrected chi connectivity index (χ1v) is 7.99. The molecule has 0 bridgehead atoms. The van der Waals surface area contributed by atoms with Gasteiger partial charge in [0.15, 0.2) is 11.0 Å². The lowest BCUT2D eigenvalue weighted by Crippen LogP contribution is -2.00. The van der Waals surface area contributed by atoms with E-state index < -0.39 is 0 Å². The highest BCUT2D eigenvalue weighted by atomic mass is 79.9. The van der Waals surface area contributed by atoms with Crippen molar-refractivity contribution >= 4 is 33.4 Å². The lowest BCUT2D eigenvalue weighted by atomic mass is 10.2. The van der Waals surface area contributed by atoms with E-state index in [4.69, 9.17) is 10.7 Å². The monoisotopic (exact) mass is 377 g/mol. The summed E-state index contributed by atoms with van der Waals surface area (Å²) in [5.41, 5.74) is 0.903. The molecule has 0 aliphatic carbocycles. The van der Waals surface area contributed by atoms with Crippen molar-refractivity contribution in [2.24, 2.45) is 0 Å². The van der Waals surface area contributed by atoms with Crippen LogP contribution in [0.4, 0.5) is 0 Å². The molecule has 0 spiro atoms. The SMILES string of the molecule is CC(=N)/C(C#N)=C(/O)CSc1nnc(-c2ccccc2Br)[nH]1. The molecule has 0 amide bonds. The maximum atomic E-state index is 9.83. The fraction of sp³-hybridized carbons (Fsp3) is 0.143. The molecule has 8 heteroatoms. The Morgan fingerprint density at radius 1 is 1.45 bits per heavy atom. The Kier molecular flexibility index (Phi) is 5.35. The predicted octanol–water partition coefficient (Wildman–Crippen LogP) is 3.70. The summed E-state index contributed by atoms with van der Waals surface area (Å²) in [5.74, 6) is 0.616. The third-order valence-corrected chi connectivity index (χ3v) is 4.28. The number of aliphatic hydroxyl groups excluding tert-OH is 1. The first-order chi connectivity index (χ1) is 10.5. The molecule has 22 heavy (non-hydrogen) atoms. The molecule has 0 aliphatic heterocycles. The van der Waals surface area contributed by atoms with Gasteiger partial charge in [-0.25, -0.2) is 0 Å². The first-order valence-electron chi connectivity index (χ1n) is 6.21. The number of allylic oxidation sites excluding steroid dienone is 1. The number of H-pyrrole nitrogens is 1. The number of aromatic nitrogens is 3. The summed E-state index contributed by atoms with van der Waals surface area (Å²) in [4.78, 5) is 3.05. The topological polar surface area (TPSA) is 109 Å². The van der Waals surface area contributed by atoms with Gasteiger partial charge < -0.3 is 15.5 Å². The van der Waals surface area contributed by atoms with E-state index in [0.717, 1.165) is 10.0 Å². The molecule has 1 aromatic heterocycles. The van der Waals surface area contributed by atoms with Crippen LogP contribution in [-0.4, -0.2) is 31.8 Å². The van der Waals surface area contributed by atoms with Crippen molar-refractivity contribution in [2.45, 2.75) is 12.1 Å². The first kappa shape index (κ1) is 16.3. The van der Waals surface area contributed by atoms with E-state index >= 15 is 0 Å². The average Bonchev–Trinajstić information content (AvgIpc) is 2.94. The normalized spacial score (nSPS) is 11.7. The number of nitriles is 1. The molecule has 1 heterocycles. The van der Waals surface area contributed by atoms with Gasteiger partial charge in [0.25, 0.3) is 0 Å². The smallest absolute Gasteiger partial charge is 0.189 e. The lowest BCUT2D eigenvalue weighted by Gasteiger charge is -2.01. The summed E-state index contributed by atoms with van der Waals surface area (Å²) in [6.07, 6.45) is 0. The van der Waals surface area contributed by atoms with Gasteiger partial charge in [-0.15, -0.1) is 10.2 Å². The molecule has 0 atom stereocenters. The fourth-order valence-corrected chi connectivity index (χ4v) is 2.82. The average molecular weight is 378 g/mol. The van der Waals surface area contributed by atoms with Crippen molar-refractivity contribution in [3.05, 3.63) is 40.1 Å². The molecule has 0 saturated heterocycles. The fourth-order valence-electron chi connectivity index (χ4n) is 1.66. The van der Waals surface area contributed by atoms with E-state index in [2.05, 4.69) is 31.1 Å². The molecule has 112 valence electrons. The Labute approximate surface area is 139 Å². The van der Waals surface area contributed by atoms with Crippen LogP contribution >= 0.6 is 27.7 Å². The summed E-state index contributed by atoms with van der Waals surface area (Å²) in [5, 5.41) is 34.7. The highest BCUT2D eigenvalue weighted by molar-refractivity contribution is 9.10. The summed E-state index contributed by atoms with van der Waals surface area (Å²) < 4.78 is 0.900. The maximum absolute atomic E-state index is 9.83.